The standard InChI is InChI=1S/C11H9F3O3/c1-5(2-3-15)6-4-7(12)8(11(16)17)10(14)9(6)13/h3-5H,2H2,1H3,(H,16,17). The number of carboxylic acids is 1. The number of hydrogen-bond donors (Lipinski definition) is 1. The number of rotatable bonds is 4. The second kappa shape index (κ2) is 4.99. The molecule has 0 amide bonds. The van der Waals surface area contributed by atoms with E-state index in [2.05, 4.69) is 0 Å². The van der Waals surface area contributed by atoms with E-state index in [9.17, 15) is 22.8 Å². The fourth-order valence-corrected chi connectivity index (χ4v) is 1.44. The second-order valence-electron chi connectivity index (χ2n) is 3.56. The summed E-state index contributed by atoms with van der Waals surface area (Å²) in [5.74, 6) is -7.14. The van der Waals surface area contributed by atoms with Crippen molar-refractivity contribution in [3.63, 3.8) is 0 Å². The van der Waals surface area contributed by atoms with Crippen LogP contribution in [0.1, 0.15) is 35.2 Å². The van der Waals surface area contributed by atoms with Gasteiger partial charge in [-0.15, -0.1) is 0 Å². The van der Waals surface area contributed by atoms with Crippen LogP contribution in [0.3, 0.4) is 0 Å². The summed E-state index contributed by atoms with van der Waals surface area (Å²) in [4.78, 5) is 20.7. The van der Waals surface area contributed by atoms with Gasteiger partial charge in [0.2, 0.25) is 0 Å². The highest BCUT2D eigenvalue weighted by Crippen LogP contribution is 2.27. The van der Waals surface area contributed by atoms with Gasteiger partial charge in [-0.05, 0) is 17.5 Å². The fourth-order valence-electron chi connectivity index (χ4n) is 1.44. The van der Waals surface area contributed by atoms with Crippen molar-refractivity contribution in [1.29, 1.82) is 0 Å². The Hall–Kier alpha value is -1.85. The zero-order valence-electron chi connectivity index (χ0n) is 8.84. The minimum absolute atomic E-state index is 0.109. The maximum atomic E-state index is 13.5. The summed E-state index contributed by atoms with van der Waals surface area (Å²) in [5, 5.41) is 8.50. The third-order valence-corrected chi connectivity index (χ3v) is 2.38. The van der Waals surface area contributed by atoms with E-state index in [-0.39, 0.29) is 12.0 Å². The first-order valence-electron chi connectivity index (χ1n) is 4.74. The highest BCUT2D eigenvalue weighted by atomic mass is 19.2. The molecule has 1 rings (SSSR count). The van der Waals surface area contributed by atoms with Crippen molar-refractivity contribution >= 4 is 12.3 Å². The average molecular weight is 246 g/mol. The van der Waals surface area contributed by atoms with Gasteiger partial charge in [0.05, 0.1) is 0 Å². The number of aromatic carboxylic acids is 1. The molecule has 0 aliphatic rings. The lowest BCUT2D eigenvalue weighted by Crippen LogP contribution is -2.11. The maximum Gasteiger partial charge on any atom is 0.341 e. The first-order chi connectivity index (χ1) is 7.90. The number of carbonyl (C=O) groups excluding carboxylic acids is 1. The lowest BCUT2D eigenvalue weighted by Gasteiger charge is -2.12. The van der Waals surface area contributed by atoms with Crippen LogP contribution in [0.15, 0.2) is 6.07 Å². The molecule has 1 unspecified atom stereocenters. The Labute approximate surface area is 94.9 Å². The number of halogens is 3. The number of aldehydes is 1. The van der Waals surface area contributed by atoms with E-state index in [4.69, 9.17) is 5.11 Å². The molecule has 0 aliphatic carbocycles. The van der Waals surface area contributed by atoms with Crippen LogP contribution in [0.25, 0.3) is 0 Å². The summed E-state index contributed by atoms with van der Waals surface area (Å²) in [5.41, 5.74) is -1.68. The molecule has 0 bridgehead atoms. The molecule has 1 N–H and O–H groups in total. The first-order valence-corrected chi connectivity index (χ1v) is 4.74. The van der Waals surface area contributed by atoms with E-state index in [0.29, 0.717) is 12.4 Å². The number of hydrogen-bond acceptors (Lipinski definition) is 2. The predicted molar refractivity (Wildman–Crippen MR) is 52.4 cm³/mol. The predicted octanol–water partition coefficient (Wildman–Crippen LogP) is 2.49. The summed E-state index contributed by atoms with van der Waals surface area (Å²) in [6.07, 6.45) is 0.382. The Morgan fingerprint density at radius 3 is 2.47 bits per heavy atom. The molecule has 92 valence electrons. The molecule has 0 saturated carbocycles. The van der Waals surface area contributed by atoms with Crippen molar-refractivity contribution in [1.82, 2.24) is 0 Å². The summed E-state index contributed by atoms with van der Waals surface area (Å²) in [6, 6.07) is 0.607. The zero-order valence-corrected chi connectivity index (χ0v) is 8.84. The molecule has 1 aromatic rings. The maximum absolute atomic E-state index is 13.5. The molecule has 0 fully saturated rings. The van der Waals surface area contributed by atoms with Gasteiger partial charge in [-0.3, -0.25) is 0 Å². The minimum atomic E-state index is -1.88. The van der Waals surface area contributed by atoms with Gasteiger partial charge in [0, 0.05) is 6.42 Å². The Balaban J connectivity index is 3.38. The second-order valence-corrected chi connectivity index (χ2v) is 3.56. The highest BCUT2D eigenvalue weighted by molar-refractivity contribution is 5.88. The topological polar surface area (TPSA) is 54.4 Å². The summed E-state index contributed by atoms with van der Waals surface area (Å²) < 4.78 is 40.0. The average Bonchev–Trinajstić information content (AvgIpc) is 2.23. The lowest BCUT2D eigenvalue weighted by molar-refractivity contribution is -0.108. The van der Waals surface area contributed by atoms with Crippen molar-refractivity contribution in [3.05, 3.63) is 34.6 Å². The van der Waals surface area contributed by atoms with Crippen molar-refractivity contribution in [3.8, 4) is 0 Å². The Morgan fingerprint density at radius 2 is 2.00 bits per heavy atom. The van der Waals surface area contributed by atoms with Gasteiger partial charge in [0.15, 0.2) is 11.6 Å². The fraction of sp³-hybridized carbons (Fsp3) is 0.273. The van der Waals surface area contributed by atoms with Gasteiger partial charge in [-0.1, -0.05) is 6.92 Å². The van der Waals surface area contributed by atoms with E-state index >= 15 is 0 Å². The van der Waals surface area contributed by atoms with E-state index < -0.39 is 34.9 Å². The normalized spacial score (nSPS) is 12.2. The lowest BCUT2D eigenvalue weighted by atomic mass is 9.96. The number of carbonyl (C=O) groups is 2. The van der Waals surface area contributed by atoms with Gasteiger partial charge >= 0.3 is 5.97 Å². The van der Waals surface area contributed by atoms with Gasteiger partial charge in [-0.25, -0.2) is 18.0 Å². The molecular formula is C11H9F3O3. The SMILES string of the molecule is CC(CC=O)c1cc(F)c(C(=O)O)c(F)c1F. The van der Waals surface area contributed by atoms with Crippen LogP contribution >= 0.6 is 0 Å². The zero-order chi connectivity index (χ0) is 13.2. The monoisotopic (exact) mass is 246 g/mol. The molecule has 0 saturated heterocycles. The molecule has 1 atom stereocenters. The van der Waals surface area contributed by atoms with E-state index in [1.54, 1.807) is 0 Å². The van der Waals surface area contributed by atoms with E-state index in [1.165, 1.54) is 6.92 Å². The van der Waals surface area contributed by atoms with Crippen LogP contribution in [0.2, 0.25) is 0 Å². The van der Waals surface area contributed by atoms with Gasteiger partial charge in [-0.2, -0.15) is 0 Å². The largest absolute Gasteiger partial charge is 0.477 e. The van der Waals surface area contributed by atoms with E-state index in [0.717, 1.165) is 0 Å². The van der Waals surface area contributed by atoms with Crippen molar-refractivity contribution in [2.75, 3.05) is 0 Å². The van der Waals surface area contributed by atoms with Gasteiger partial charge in [0.25, 0.3) is 0 Å². The van der Waals surface area contributed by atoms with Gasteiger partial charge < -0.3 is 9.90 Å². The molecule has 0 spiro atoms. The first kappa shape index (κ1) is 13.2. The van der Waals surface area contributed by atoms with Crippen LogP contribution in [-0.4, -0.2) is 17.4 Å². The summed E-state index contributed by atoms with van der Waals surface area (Å²) in [7, 11) is 0. The van der Waals surface area contributed by atoms with Crippen LogP contribution in [-0.2, 0) is 4.79 Å². The highest BCUT2D eigenvalue weighted by Gasteiger charge is 2.25. The van der Waals surface area contributed by atoms with Crippen LogP contribution in [0.4, 0.5) is 13.2 Å². The summed E-state index contributed by atoms with van der Waals surface area (Å²) in [6.45, 7) is 1.41. The smallest absolute Gasteiger partial charge is 0.341 e. The summed E-state index contributed by atoms with van der Waals surface area (Å²) >= 11 is 0. The Kier molecular flexibility index (Phi) is 3.88. The van der Waals surface area contributed by atoms with Crippen molar-refractivity contribution in [2.45, 2.75) is 19.3 Å². The van der Waals surface area contributed by atoms with E-state index in [1.807, 2.05) is 0 Å². The van der Waals surface area contributed by atoms with Crippen molar-refractivity contribution < 1.29 is 27.9 Å². The Morgan fingerprint density at radius 1 is 1.41 bits per heavy atom. The van der Waals surface area contributed by atoms with Crippen LogP contribution in [0.5, 0.6) is 0 Å². The molecule has 0 radical (unpaired) electrons. The molecule has 6 heteroatoms. The molecular weight excluding hydrogens is 237 g/mol. The van der Waals surface area contributed by atoms with Crippen molar-refractivity contribution in [2.24, 2.45) is 0 Å². The molecule has 17 heavy (non-hydrogen) atoms. The van der Waals surface area contributed by atoms with Crippen LogP contribution in [0, 0.1) is 17.5 Å². The molecule has 0 aromatic heterocycles. The molecule has 0 aliphatic heterocycles. The van der Waals surface area contributed by atoms with Gasteiger partial charge in [0.1, 0.15) is 17.7 Å². The number of benzene rings is 1. The van der Waals surface area contributed by atoms with Crippen LogP contribution < -0.4 is 0 Å². The number of carboxylic acid groups (broad SMARTS) is 1. The Bertz CT molecular complexity index is 472. The minimum Gasteiger partial charge on any atom is -0.477 e. The quantitative estimate of drug-likeness (QED) is 0.656. The molecule has 3 nitrogen and oxygen atoms in total. The molecule has 1 aromatic carbocycles. The third kappa shape index (κ3) is 2.46. The molecule has 0 heterocycles. The third-order valence-electron chi connectivity index (χ3n) is 2.38.